The van der Waals surface area contributed by atoms with Crippen molar-refractivity contribution >= 4 is 33.1 Å². The molecule has 0 spiro atoms. The molecular weight excluding hydrogens is 458 g/mol. The third-order valence-electron chi connectivity index (χ3n) is 5.45. The number of nitro benzene ring substituents is 1. The summed E-state index contributed by atoms with van der Waals surface area (Å²) in [7, 11) is -4.16. The van der Waals surface area contributed by atoms with Crippen molar-refractivity contribution < 1.29 is 18.1 Å². The Bertz CT molecular complexity index is 1320. The summed E-state index contributed by atoms with van der Waals surface area (Å²) in [5.74, 6) is 0.409. The van der Waals surface area contributed by atoms with Gasteiger partial charge < -0.3 is 10.2 Å². The van der Waals surface area contributed by atoms with Crippen LogP contribution in [0, 0.1) is 10.1 Å². The fourth-order valence-electron chi connectivity index (χ4n) is 3.71. The van der Waals surface area contributed by atoms with Gasteiger partial charge in [0.2, 0.25) is 0 Å². The second-order valence-electron chi connectivity index (χ2n) is 7.80. The van der Waals surface area contributed by atoms with Gasteiger partial charge in [0, 0.05) is 38.0 Å². The molecule has 1 aromatic heterocycles. The van der Waals surface area contributed by atoms with Crippen LogP contribution in [-0.2, 0) is 16.6 Å². The van der Waals surface area contributed by atoms with Gasteiger partial charge in [0.05, 0.1) is 21.1 Å². The summed E-state index contributed by atoms with van der Waals surface area (Å²) in [6, 6.07) is 14.6. The molecule has 2 N–H and O–H groups in total. The number of nitrogens with one attached hydrogen (secondary N) is 2. The summed E-state index contributed by atoms with van der Waals surface area (Å²) in [5.41, 5.74) is 0.726. The highest BCUT2D eigenvalue weighted by atomic mass is 32.2. The number of non-ortho nitro benzene ring substituents is 1. The van der Waals surface area contributed by atoms with Crippen molar-refractivity contribution in [3.8, 4) is 0 Å². The van der Waals surface area contributed by atoms with Crippen molar-refractivity contribution in [3.05, 3.63) is 88.1 Å². The quantitative estimate of drug-likeness (QED) is 0.372. The molecule has 34 heavy (non-hydrogen) atoms. The topological polar surface area (TPSA) is 135 Å². The molecule has 1 aliphatic heterocycles. The number of para-hydroxylation sites is 1. The molecule has 2 heterocycles. The van der Waals surface area contributed by atoms with Crippen LogP contribution >= 0.6 is 0 Å². The highest BCUT2D eigenvalue weighted by molar-refractivity contribution is 7.92. The first-order valence-corrected chi connectivity index (χ1v) is 12.2. The number of anilines is 2. The van der Waals surface area contributed by atoms with E-state index in [-0.39, 0.29) is 28.4 Å². The summed E-state index contributed by atoms with van der Waals surface area (Å²) in [5, 5.41) is 13.8. The minimum Gasteiger partial charge on any atom is -0.357 e. The Kier molecular flexibility index (Phi) is 6.73. The molecule has 4 rings (SSSR count). The molecule has 1 saturated heterocycles. The molecule has 0 radical (unpaired) electrons. The molecule has 11 heteroatoms. The average Bonchev–Trinajstić information content (AvgIpc) is 3.38. The molecule has 3 aromatic rings. The zero-order valence-electron chi connectivity index (χ0n) is 18.2. The van der Waals surface area contributed by atoms with Crippen molar-refractivity contribution in [2.45, 2.75) is 24.3 Å². The van der Waals surface area contributed by atoms with Crippen LogP contribution in [0.3, 0.4) is 0 Å². The van der Waals surface area contributed by atoms with Gasteiger partial charge in [-0.3, -0.25) is 19.6 Å². The van der Waals surface area contributed by atoms with E-state index in [2.05, 4.69) is 19.9 Å². The standard InChI is InChI=1S/C23H23N5O5S/c29-23(25-16-17-10-11-24-22(14-17)27-12-3-4-13-27)20-8-1-2-9-21(20)26-34(32,33)19-7-5-6-18(15-19)28(30)31/h1-2,5-11,14-15,26H,3-4,12-13,16H2,(H,25,29). The molecule has 0 aliphatic carbocycles. The van der Waals surface area contributed by atoms with E-state index in [1.165, 1.54) is 30.3 Å². The fraction of sp³-hybridized carbons (Fsp3) is 0.217. The van der Waals surface area contributed by atoms with Gasteiger partial charge in [0.15, 0.2) is 0 Å². The monoisotopic (exact) mass is 481 g/mol. The van der Waals surface area contributed by atoms with Crippen LogP contribution < -0.4 is 14.9 Å². The zero-order chi connectivity index (χ0) is 24.1. The van der Waals surface area contributed by atoms with Crippen LogP contribution in [0.15, 0.2) is 71.8 Å². The lowest BCUT2D eigenvalue weighted by Crippen LogP contribution is -2.25. The van der Waals surface area contributed by atoms with Crippen LogP contribution in [-0.4, -0.2) is 37.3 Å². The molecule has 1 fully saturated rings. The van der Waals surface area contributed by atoms with E-state index < -0.39 is 20.9 Å². The maximum atomic E-state index is 12.9. The highest BCUT2D eigenvalue weighted by Gasteiger charge is 2.21. The smallest absolute Gasteiger partial charge is 0.270 e. The van der Waals surface area contributed by atoms with Gasteiger partial charge in [-0.05, 0) is 48.7 Å². The third kappa shape index (κ3) is 5.31. The van der Waals surface area contributed by atoms with Gasteiger partial charge in [-0.2, -0.15) is 0 Å². The minimum absolute atomic E-state index is 0.0685. The Morgan fingerprint density at radius 3 is 2.59 bits per heavy atom. The Morgan fingerprint density at radius 1 is 1.06 bits per heavy atom. The molecule has 176 valence electrons. The van der Waals surface area contributed by atoms with Gasteiger partial charge in [0.25, 0.3) is 21.6 Å². The number of carbonyl (C=O) groups excluding carboxylic acids is 1. The summed E-state index contributed by atoms with van der Waals surface area (Å²) >= 11 is 0. The van der Waals surface area contributed by atoms with Crippen molar-refractivity contribution in [3.63, 3.8) is 0 Å². The average molecular weight is 482 g/mol. The number of aromatic nitrogens is 1. The summed E-state index contributed by atoms with van der Waals surface area (Å²) in [4.78, 5) is 29.5. The molecule has 0 bridgehead atoms. The Labute approximate surface area is 196 Å². The lowest BCUT2D eigenvalue weighted by Gasteiger charge is -2.17. The first-order valence-electron chi connectivity index (χ1n) is 10.7. The highest BCUT2D eigenvalue weighted by Crippen LogP contribution is 2.23. The summed E-state index contributed by atoms with van der Waals surface area (Å²) in [6.07, 6.45) is 3.97. The Morgan fingerprint density at radius 2 is 1.82 bits per heavy atom. The second kappa shape index (κ2) is 9.87. The number of sulfonamides is 1. The van der Waals surface area contributed by atoms with Crippen LogP contribution in [0.4, 0.5) is 17.2 Å². The van der Waals surface area contributed by atoms with Gasteiger partial charge in [-0.1, -0.05) is 18.2 Å². The number of benzene rings is 2. The maximum Gasteiger partial charge on any atom is 0.270 e. The van der Waals surface area contributed by atoms with Crippen molar-refractivity contribution in [2.75, 3.05) is 22.7 Å². The van der Waals surface area contributed by atoms with Crippen LogP contribution in [0.2, 0.25) is 0 Å². The van der Waals surface area contributed by atoms with Crippen molar-refractivity contribution in [2.24, 2.45) is 0 Å². The number of nitro groups is 1. The molecule has 2 aromatic carbocycles. The summed E-state index contributed by atoms with van der Waals surface area (Å²) < 4.78 is 28.0. The van der Waals surface area contributed by atoms with E-state index in [1.54, 1.807) is 18.3 Å². The lowest BCUT2D eigenvalue weighted by molar-refractivity contribution is -0.385. The van der Waals surface area contributed by atoms with E-state index in [0.717, 1.165) is 43.4 Å². The van der Waals surface area contributed by atoms with E-state index >= 15 is 0 Å². The SMILES string of the molecule is O=C(NCc1ccnc(N2CCCC2)c1)c1ccccc1NS(=O)(=O)c1cccc([N+](=O)[O-])c1. The van der Waals surface area contributed by atoms with Gasteiger partial charge in [0.1, 0.15) is 5.82 Å². The fourth-order valence-corrected chi connectivity index (χ4v) is 4.82. The lowest BCUT2D eigenvalue weighted by atomic mass is 10.1. The van der Waals surface area contributed by atoms with Crippen molar-refractivity contribution in [1.82, 2.24) is 10.3 Å². The number of amides is 1. The minimum atomic E-state index is -4.16. The van der Waals surface area contributed by atoms with Crippen LogP contribution in [0.1, 0.15) is 28.8 Å². The van der Waals surface area contributed by atoms with E-state index in [0.29, 0.717) is 0 Å². The number of hydrogen-bond acceptors (Lipinski definition) is 7. The van der Waals surface area contributed by atoms with Gasteiger partial charge in [-0.25, -0.2) is 13.4 Å². The molecule has 1 aliphatic rings. The Hall–Kier alpha value is -3.99. The molecule has 0 saturated carbocycles. The normalized spacial score (nSPS) is 13.5. The second-order valence-corrected chi connectivity index (χ2v) is 9.49. The zero-order valence-corrected chi connectivity index (χ0v) is 19.0. The third-order valence-corrected chi connectivity index (χ3v) is 6.81. The molecule has 1 amide bonds. The molecule has 0 atom stereocenters. The van der Waals surface area contributed by atoms with Crippen LogP contribution in [0.5, 0.6) is 0 Å². The van der Waals surface area contributed by atoms with E-state index in [1.807, 2.05) is 12.1 Å². The number of hydrogen-bond donors (Lipinski definition) is 2. The number of nitrogens with zero attached hydrogens (tertiary/aromatic N) is 3. The summed E-state index contributed by atoms with van der Waals surface area (Å²) in [6.45, 7) is 2.16. The molecular formula is C23H23N5O5S. The van der Waals surface area contributed by atoms with Crippen molar-refractivity contribution in [1.29, 1.82) is 0 Å². The van der Waals surface area contributed by atoms with E-state index in [9.17, 15) is 23.3 Å². The van der Waals surface area contributed by atoms with Crippen LogP contribution in [0.25, 0.3) is 0 Å². The predicted molar refractivity (Wildman–Crippen MR) is 127 cm³/mol. The van der Waals surface area contributed by atoms with E-state index in [4.69, 9.17) is 0 Å². The first-order chi connectivity index (χ1) is 16.3. The first kappa shape index (κ1) is 23.2. The maximum absolute atomic E-state index is 12.9. The number of pyridine rings is 1. The predicted octanol–water partition coefficient (Wildman–Crippen LogP) is 3.32. The Balaban J connectivity index is 1.49. The number of carbonyl (C=O) groups is 1. The molecule has 10 nitrogen and oxygen atoms in total. The molecule has 0 unspecified atom stereocenters. The number of rotatable bonds is 8. The van der Waals surface area contributed by atoms with Gasteiger partial charge >= 0.3 is 0 Å². The van der Waals surface area contributed by atoms with Gasteiger partial charge in [-0.15, -0.1) is 0 Å². The largest absolute Gasteiger partial charge is 0.357 e.